The Labute approximate surface area is 129 Å². The average molecular weight is 311 g/mol. The second-order valence-electron chi connectivity index (χ2n) is 3.44. The molecule has 0 heterocycles. The Kier molecular flexibility index (Phi) is 11.7. The monoisotopic (exact) mass is 310 g/mol. The third-order valence-electron chi connectivity index (χ3n) is 1.83. The molecule has 0 saturated heterocycles. The molecule has 0 rings (SSSR count). The fourth-order valence-corrected chi connectivity index (χ4v) is 1.66. The fourth-order valence-electron chi connectivity index (χ4n) is 0.971. The quantitative estimate of drug-likeness (QED) is 0.238. The van der Waals surface area contributed by atoms with Gasteiger partial charge in [0.25, 0.3) is 0 Å². The van der Waals surface area contributed by atoms with E-state index < -0.39 is 32.4 Å². The number of phosphoric ester groups is 1. The second kappa shape index (κ2) is 10.6. The summed E-state index contributed by atoms with van der Waals surface area (Å²) in [6, 6.07) is -1.08. The van der Waals surface area contributed by atoms with Gasteiger partial charge in [-0.05, 0) is 19.4 Å². The van der Waals surface area contributed by atoms with Crippen molar-refractivity contribution in [2.45, 2.75) is 25.3 Å². The molecule has 110 valence electrons. The average Bonchev–Trinajstić information content (AvgIpc) is 2.26. The predicted octanol–water partition coefficient (Wildman–Crippen LogP) is -0.968. The van der Waals surface area contributed by atoms with Crippen LogP contribution in [-0.2, 0) is 23.2 Å². The smallest absolute Gasteiger partial charge is 1.00 e. The molecule has 0 aliphatic carbocycles. The summed E-state index contributed by atoms with van der Waals surface area (Å²) in [5.41, 5.74) is 10.6. The molecule has 0 amide bonds. The van der Waals surface area contributed by atoms with Crippen LogP contribution in [-0.4, -0.2) is 64.2 Å². The van der Waals surface area contributed by atoms with Gasteiger partial charge in [0.1, 0.15) is 6.04 Å². The van der Waals surface area contributed by atoms with Crippen LogP contribution in [0.15, 0.2) is 0 Å². The number of aliphatic carboxylic acids is 1. The van der Waals surface area contributed by atoms with Crippen LogP contribution < -0.4 is 11.5 Å². The number of phosphoric acid groups is 1. The van der Waals surface area contributed by atoms with Gasteiger partial charge in [-0.25, -0.2) is 14.2 Å². The number of nitrogens with two attached hydrogens (primary N) is 2. The van der Waals surface area contributed by atoms with Gasteiger partial charge in [-0.2, -0.15) is 0 Å². The molecule has 0 aliphatic heterocycles. The van der Waals surface area contributed by atoms with Crippen LogP contribution in [0, 0.1) is 0 Å². The molecule has 0 radical (unpaired) electrons. The Morgan fingerprint density at radius 1 is 1.37 bits per heavy atom. The van der Waals surface area contributed by atoms with E-state index >= 15 is 0 Å². The normalized spacial score (nSPS) is 14.9. The van der Waals surface area contributed by atoms with E-state index in [4.69, 9.17) is 21.5 Å². The van der Waals surface area contributed by atoms with Crippen molar-refractivity contribution >= 4 is 42.8 Å². The van der Waals surface area contributed by atoms with Crippen LogP contribution >= 0.6 is 7.82 Å². The fraction of sp³-hybridized carbons (Fsp3) is 0.750. The summed E-state index contributed by atoms with van der Waals surface area (Å²) in [5.74, 6) is -2.59. The van der Waals surface area contributed by atoms with Gasteiger partial charge in [0.15, 0.2) is 6.61 Å². The number of rotatable bonds is 9. The molecule has 0 aromatic carbocycles. The Morgan fingerprint density at radius 2 is 1.95 bits per heavy atom. The molecule has 0 spiro atoms. The van der Waals surface area contributed by atoms with Crippen LogP contribution in [0.3, 0.4) is 0 Å². The number of carboxylic acids is 1. The maximum atomic E-state index is 11.3. The largest absolute Gasteiger partial charge is 2.00 e. The van der Waals surface area contributed by atoms with Crippen LogP contribution in [0.25, 0.3) is 0 Å². The Balaban J connectivity index is -0.000000482. The van der Waals surface area contributed by atoms with E-state index in [1.54, 1.807) is 0 Å². The van der Waals surface area contributed by atoms with Crippen molar-refractivity contribution in [2.24, 2.45) is 11.5 Å². The number of carbonyl (C=O) groups excluding carboxylic acids is 1. The molecule has 6 N–H and O–H groups in total. The zero-order valence-electron chi connectivity index (χ0n) is 12.4. The Morgan fingerprint density at radius 3 is 2.42 bits per heavy atom. The third kappa shape index (κ3) is 11.3. The standard InChI is InChI=1S/C8H17N2O7P.Mg.2H/c9-4-2-1-3-6(10)8(13)17-18(14,15)16-5-7(11)12;;;/h6H,1-5,9-10H2,(H,11,12)(H,14,15);;;/q;+2;2*-1/t6-;;;/m0.../s1. The predicted molar refractivity (Wildman–Crippen MR) is 68.4 cm³/mol. The minimum absolute atomic E-state index is 0. The van der Waals surface area contributed by atoms with Crippen molar-refractivity contribution < 1.29 is 36.1 Å². The second-order valence-corrected chi connectivity index (χ2v) is 4.81. The molecule has 2 atom stereocenters. The first-order chi connectivity index (χ1) is 8.28. The molecule has 0 aromatic heterocycles. The van der Waals surface area contributed by atoms with Gasteiger partial charge in [-0.1, -0.05) is 6.42 Å². The molecular formula is C8H19MgN2O7P. The molecule has 9 nitrogen and oxygen atoms in total. The summed E-state index contributed by atoms with van der Waals surface area (Å²) in [7, 11) is -4.73. The van der Waals surface area contributed by atoms with Gasteiger partial charge in [0.2, 0.25) is 0 Å². The van der Waals surface area contributed by atoms with E-state index in [1.807, 2.05) is 0 Å². The van der Waals surface area contributed by atoms with Crippen molar-refractivity contribution in [2.75, 3.05) is 13.2 Å². The van der Waals surface area contributed by atoms with Gasteiger partial charge in [0, 0.05) is 0 Å². The molecule has 1 unspecified atom stereocenters. The summed E-state index contributed by atoms with van der Waals surface area (Å²) >= 11 is 0. The summed E-state index contributed by atoms with van der Waals surface area (Å²) in [4.78, 5) is 30.4. The number of carboxylic acid groups (broad SMARTS) is 1. The van der Waals surface area contributed by atoms with E-state index in [-0.39, 0.29) is 32.3 Å². The molecule has 0 fully saturated rings. The molecule has 0 bridgehead atoms. The summed E-state index contributed by atoms with van der Waals surface area (Å²) in [6.45, 7) is -0.606. The van der Waals surface area contributed by atoms with E-state index in [9.17, 15) is 14.2 Å². The van der Waals surface area contributed by atoms with Crippen molar-refractivity contribution in [3.63, 3.8) is 0 Å². The van der Waals surface area contributed by atoms with Crippen molar-refractivity contribution in [1.82, 2.24) is 0 Å². The SMILES string of the molecule is NCCCC[C@H](N)C(=O)OP(=O)(O)OCC(=O)O.[H-].[H-].[Mg+2]. The maximum Gasteiger partial charge on any atom is 2.00 e. The maximum absolute atomic E-state index is 11.3. The van der Waals surface area contributed by atoms with E-state index in [1.165, 1.54) is 0 Å². The van der Waals surface area contributed by atoms with E-state index in [2.05, 4.69) is 9.05 Å². The van der Waals surface area contributed by atoms with Gasteiger partial charge in [-0.15, -0.1) is 0 Å². The first kappa shape index (κ1) is 21.1. The van der Waals surface area contributed by atoms with Crippen LogP contribution in [0.5, 0.6) is 0 Å². The van der Waals surface area contributed by atoms with Crippen LogP contribution in [0.1, 0.15) is 22.1 Å². The van der Waals surface area contributed by atoms with Crippen molar-refractivity contribution in [3.8, 4) is 0 Å². The number of carbonyl (C=O) groups is 2. The molecule has 11 heteroatoms. The third-order valence-corrected chi connectivity index (χ3v) is 2.69. The Bertz CT molecular complexity index is 351. The molecular weight excluding hydrogens is 291 g/mol. The van der Waals surface area contributed by atoms with E-state index in [0.29, 0.717) is 19.4 Å². The topological polar surface area (TPSA) is 162 Å². The number of unbranched alkanes of at least 4 members (excludes halogenated alkanes) is 1. The number of hydrogen-bond acceptors (Lipinski definition) is 7. The van der Waals surface area contributed by atoms with Gasteiger partial charge in [0.05, 0.1) is 0 Å². The van der Waals surface area contributed by atoms with Gasteiger partial charge < -0.3 is 24.0 Å². The van der Waals surface area contributed by atoms with Gasteiger partial charge >= 0.3 is 42.8 Å². The van der Waals surface area contributed by atoms with Gasteiger partial charge in [-0.3, -0.25) is 9.42 Å². The zero-order chi connectivity index (χ0) is 14.2. The summed E-state index contributed by atoms with van der Waals surface area (Å²) < 4.78 is 19.3. The minimum Gasteiger partial charge on any atom is -1.00 e. The first-order valence-electron chi connectivity index (χ1n) is 5.16. The summed E-state index contributed by atoms with van der Waals surface area (Å²) in [6.07, 6.45) is 1.47. The Hall–Kier alpha value is -0.224. The van der Waals surface area contributed by atoms with Crippen LogP contribution in [0.2, 0.25) is 0 Å². The van der Waals surface area contributed by atoms with E-state index in [0.717, 1.165) is 0 Å². The molecule has 0 aromatic rings. The first-order valence-corrected chi connectivity index (χ1v) is 6.66. The molecule has 0 saturated carbocycles. The number of hydrogen-bond donors (Lipinski definition) is 4. The molecule has 19 heavy (non-hydrogen) atoms. The molecule has 0 aliphatic rings. The zero-order valence-corrected chi connectivity index (χ0v) is 12.7. The van der Waals surface area contributed by atoms with Crippen molar-refractivity contribution in [3.05, 3.63) is 0 Å². The summed E-state index contributed by atoms with van der Waals surface area (Å²) in [5, 5.41) is 8.23. The minimum atomic E-state index is -4.73. The van der Waals surface area contributed by atoms with Crippen LogP contribution in [0.4, 0.5) is 0 Å². The van der Waals surface area contributed by atoms with Crippen molar-refractivity contribution in [1.29, 1.82) is 0 Å².